The molecule has 5 nitrogen and oxygen atoms in total. The highest BCUT2D eigenvalue weighted by atomic mass is 19.1. The number of carbonyl (C=O) groups excluding carboxylic acids is 1. The van der Waals surface area contributed by atoms with Crippen molar-refractivity contribution in [3.05, 3.63) is 65.7 Å². The molecule has 1 fully saturated rings. The highest BCUT2D eigenvalue weighted by Gasteiger charge is 2.24. The minimum atomic E-state index is -0.245. The lowest BCUT2D eigenvalue weighted by molar-refractivity contribution is -0.135. The summed E-state index contributed by atoms with van der Waals surface area (Å²) in [5, 5.41) is 0. The Morgan fingerprint density at radius 1 is 1.22 bits per heavy atom. The topological polar surface area (TPSA) is 45.7 Å². The fourth-order valence-corrected chi connectivity index (χ4v) is 3.25. The zero-order valence-electron chi connectivity index (χ0n) is 15.7. The molecule has 0 unspecified atom stereocenters. The molecule has 1 aromatic heterocycles. The molecule has 1 saturated heterocycles. The van der Waals surface area contributed by atoms with E-state index in [9.17, 15) is 9.18 Å². The number of hydrogen-bond donors (Lipinski definition) is 0. The Labute approximate surface area is 159 Å². The molecule has 2 heterocycles. The number of benzene rings is 1. The summed E-state index contributed by atoms with van der Waals surface area (Å²) in [6.07, 6.45) is 3.64. The molecule has 0 bridgehead atoms. The van der Waals surface area contributed by atoms with E-state index in [1.807, 2.05) is 35.0 Å². The lowest BCUT2D eigenvalue weighted by atomic mass is 10.1. The first-order valence-corrected chi connectivity index (χ1v) is 9.32. The van der Waals surface area contributed by atoms with Crippen LogP contribution in [0.15, 0.2) is 48.7 Å². The van der Waals surface area contributed by atoms with E-state index in [0.717, 1.165) is 37.2 Å². The maximum atomic E-state index is 13.0. The molecule has 0 saturated carbocycles. The summed E-state index contributed by atoms with van der Waals surface area (Å²) < 4.78 is 18.9. The summed E-state index contributed by atoms with van der Waals surface area (Å²) in [5.74, 6) is -0.117. The van der Waals surface area contributed by atoms with Crippen molar-refractivity contribution in [1.29, 1.82) is 0 Å². The Hall–Kier alpha value is -2.31. The summed E-state index contributed by atoms with van der Waals surface area (Å²) in [6, 6.07) is 12.2. The molecule has 1 amide bonds. The second kappa shape index (κ2) is 9.58. The molecule has 0 N–H and O–H groups in total. The number of piperidine rings is 1. The number of nitrogens with zero attached hydrogens (tertiary/aromatic N) is 3. The number of carbonyl (C=O) groups is 1. The van der Waals surface area contributed by atoms with Crippen LogP contribution in [0.4, 0.5) is 4.39 Å². The van der Waals surface area contributed by atoms with Crippen LogP contribution in [0.25, 0.3) is 0 Å². The van der Waals surface area contributed by atoms with Crippen molar-refractivity contribution in [1.82, 2.24) is 14.8 Å². The first-order chi connectivity index (χ1) is 13.1. The minimum Gasteiger partial charge on any atom is -0.372 e. The van der Waals surface area contributed by atoms with Crippen molar-refractivity contribution < 1.29 is 13.9 Å². The van der Waals surface area contributed by atoms with Crippen LogP contribution in [0.2, 0.25) is 0 Å². The van der Waals surface area contributed by atoms with Gasteiger partial charge in [0.1, 0.15) is 5.82 Å². The van der Waals surface area contributed by atoms with Crippen LogP contribution < -0.4 is 0 Å². The second-order valence-electron chi connectivity index (χ2n) is 7.01. The Morgan fingerprint density at radius 3 is 2.63 bits per heavy atom. The van der Waals surface area contributed by atoms with Crippen LogP contribution >= 0.6 is 0 Å². The number of pyridine rings is 1. The van der Waals surface area contributed by atoms with Crippen LogP contribution in [-0.2, 0) is 22.7 Å². The van der Waals surface area contributed by atoms with Gasteiger partial charge in [-0.25, -0.2) is 4.39 Å². The predicted molar refractivity (Wildman–Crippen MR) is 101 cm³/mol. The van der Waals surface area contributed by atoms with Gasteiger partial charge in [-0.05, 0) is 49.7 Å². The molecule has 2 aromatic rings. The molecule has 1 aliphatic heterocycles. The molecule has 6 heteroatoms. The van der Waals surface area contributed by atoms with Gasteiger partial charge in [0.15, 0.2) is 0 Å². The summed E-state index contributed by atoms with van der Waals surface area (Å²) in [4.78, 5) is 20.6. The zero-order valence-corrected chi connectivity index (χ0v) is 15.7. The van der Waals surface area contributed by atoms with Gasteiger partial charge in [0.2, 0.25) is 5.91 Å². The van der Waals surface area contributed by atoms with Crippen LogP contribution in [0.5, 0.6) is 0 Å². The number of likely N-dealkylation sites (N-methyl/N-ethyl adjacent to an activating group) is 1. The largest absolute Gasteiger partial charge is 0.372 e. The van der Waals surface area contributed by atoms with Crippen molar-refractivity contribution in [2.45, 2.75) is 32.1 Å². The Bertz CT molecular complexity index is 716. The number of hydrogen-bond acceptors (Lipinski definition) is 4. The van der Waals surface area contributed by atoms with E-state index in [1.165, 1.54) is 12.1 Å². The number of amides is 1. The summed E-state index contributed by atoms with van der Waals surface area (Å²) in [6.45, 7) is 2.93. The molecular formula is C21H26FN3O2. The highest BCUT2D eigenvalue weighted by molar-refractivity contribution is 5.78. The Morgan fingerprint density at radius 2 is 1.96 bits per heavy atom. The zero-order chi connectivity index (χ0) is 19.1. The fraction of sp³-hybridized carbons (Fsp3) is 0.429. The molecule has 1 aromatic carbocycles. The van der Waals surface area contributed by atoms with Gasteiger partial charge in [-0.15, -0.1) is 0 Å². The molecule has 0 radical (unpaired) electrons. The molecule has 3 rings (SSSR count). The first-order valence-electron chi connectivity index (χ1n) is 9.32. The van der Waals surface area contributed by atoms with E-state index < -0.39 is 0 Å². The fourth-order valence-electron chi connectivity index (χ4n) is 3.25. The van der Waals surface area contributed by atoms with Crippen LogP contribution in [-0.4, -0.2) is 53.5 Å². The number of ether oxygens (including phenoxy) is 1. The van der Waals surface area contributed by atoms with Crippen LogP contribution in [0.1, 0.15) is 24.1 Å². The average Bonchev–Trinajstić information content (AvgIpc) is 2.69. The maximum absolute atomic E-state index is 13.0. The number of likely N-dealkylation sites (tertiary alicyclic amines) is 1. The third kappa shape index (κ3) is 6.12. The normalized spacial score (nSPS) is 15.3. The van der Waals surface area contributed by atoms with Gasteiger partial charge in [0.25, 0.3) is 0 Å². The first kappa shape index (κ1) is 19.5. The SMILES string of the molecule is CN(CC(=O)N1CCC(OCc2ccccn2)CC1)Cc1ccc(F)cc1. The van der Waals surface area contributed by atoms with E-state index >= 15 is 0 Å². The summed E-state index contributed by atoms with van der Waals surface area (Å²) in [7, 11) is 1.91. The third-order valence-corrected chi connectivity index (χ3v) is 4.76. The van der Waals surface area contributed by atoms with Crippen molar-refractivity contribution >= 4 is 5.91 Å². The lowest BCUT2D eigenvalue weighted by Gasteiger charge is -2.33. The van der Waals surface area contributed by atoms with E-state index in [2.05, 4.69) is 4.98 Å². The molecule has 0 aliphatic carbocycles. The van der Waals surface area contributed by atoms with Gasteiger partial charge in [-0.1, -0.05) is 18.2 Å². The van der Waals surface area contributed by atoms with E-state index in [1.54, 1.807) is 18.3 Å². The number of halogens is 1. The summed E-state index contributed by atoms with van der Waals surface area (Å²) >= 11 is 0. The van der Waals surface area contributed by atoms with E-state index in [-0.39, 0.29) is 17.8 Å². The smallest absolute Gasteiger partial charge is 0.236 e. The Kier molecular flexibility index (Phi) is 6.90. The van der Waals surface area contributed by atoms with Gasteiger partial charge >= 0.3 is 0 Å². The molecule has 1 aliphatic rings. The lowest BCUT2D eigenvalue weighted by Crippen LogP contribution is -2.44. The van der Waals surface area contributed by atoms with Gasteiger partial charge in [0.05, 0.1) is 24.9 Å². The quantitative estimate of drug-likeness (QED) is 0.751. The van der Waals surface area contributed by atoms with Crippen LogP contribution in [0, 0.1) is 5.82 Å². The van der Waals surface area contributed by atoms with Gasteiger partial charge < -0.3 is 9.64 Å². The Balaban J connectivity index is 1.38. The second-order valence-corrected chi connectivity index (χ2v) is 7.01. The predicted octanol–water partition coefficient (Wildman–Crippen LogP) is 2.86. The van der Waals surface area contributed by atoms with Crippen LogP contribution in [0.3, 0.4) is 0 Å². The van der Waals surface area contributed by atoms with E-state index in [4.69, 9.17) is 4.74 Å². The van der Waals surface area contributed by atoms with Crippen molar-refractivity contribution in [3.8, 4) is 0 Å². The van der Waals surface area contributed by atoms with Gasteiger partial charge in [-0.2, -0.15) is 0 Å². The molecule has 0 spiro atoms. The van der Waals surface area contributed by atoms with Gasteiger partial charge in [0, 0.05) is 25.8 Å². The van der Waals surface area contributed by atoms with Crippen molar-refractivity contribution in [2.75, 3.05) is 26.7 Å². The monoisotopic (exact) mass is 371 g/mol. The standard InChI is InChI=1S/C21H26FN3O2/c1-24(14-17-5-7-18(22)8-6-17)15-21(26)25-12-9-20(10-13-25)27-16-19-4-2-3-11-23-19/h2-8,11,20H,9-10,12-16H2,1H3. The maximum Gasteiger partial charge on any atom is 0.236 e. The molecule has 0 atom stereocenters. The molecule has 27 heavy (non-hydrogen) atoms. The molecular weight excluding hydrogens is 345 g/mol. The minimum absolute atomic E-state index is 0.128. The summed E-state index contributed by atoms with van der Waals surface area (Å²) in [5.41, 5.74) is 1.92. The number of rotatable bonds is 7. The third-order valence-electron chi connectivity index (χ3n) is 4.76. The van der Waals surface area contributed by atoms with Gasteiger partial charge in [-0.3, -0.25) is 14.7 Å². The molecule has 144 valence electrons. The number of aromatic nitrogens is 1. The highest BCUT2D eigenvalue weighted by Crippen LogP contribution is 2.16. The van der Waals surface area contributed by atoms with Crippen molar-refractivity contribution in [3.63, 3.8) is 0 Å². The average molecular weight is 371 g/mol. The van der Waals surface area contributed by atoms with Crippen molar-refractivity contribution in [2.24, 2.45) is 0 Å². The van der Waals surface area contributed by atoms with E-state index in [0.29, 0.717) is 19.7 Å².